The van der Waals surface area contributed by atoms with E-state index in [1.165, 1.54) is 5.69 Å². The van der Waals surface area contributed by atoms with Crippen LogP contribution in [0, 0.1) is 5.92 Å². The van der Waals surface area contributed by atoms with Gasteiger partial charge in [0.1, 0.15) is 0 Å². The second kappa shape index (κ2) is 9.06. The predicted molar refractivity (Wildman–Crippen MR) is 111 cm³/mol. The van der Waals surface area contributed by atoms with Crippen LogP contribution in [-0.4, -0.2) is 66.6 Å². The Labute approximate surface area is 167 Å². The average Bonchev–Trinajstić information content (AvgIpc) is 3.23. The summed E-state index contributed by atoms with van der Waals surface area (Å²) >= 11 is 0. The van der Waals surface area contributed by atoms with Crippen LogP contribution in [0.25, 0.3) is 0 Å². The first kappa shape index (κ1) is 18.7. The van der Waals surface area contributed by atoms with Crippen molar-refractivity contribution in [3.8, 4) is 0 Å². The number of hydrogen-bond donors (Lipinski definition) is 1. The molecule has 0 bridgehead atoms. The molecule has 0 aliphatic carbocycles. The molecule has 6 heteroatoms. The topological polar surface area (TPSA) is 51.7 Å². The number of nitrogens with zero attached hydrogens (tertiary/aromatic N) is 4. The second-order valence-electron chi connectivity index (χ2n) is 7.71. The molecule has 4 rings (SSSR count). The van der Waals surface area contributed by atoms with Crippen LogP contribution in [0.3, 0.4) is 0 Å². The number of amides is 2. The van der Waals surface area contributed by atoms with Gasteiger partial charge in [-0.15, -0.1) is 0 Å². The van der Waals surface area contributed by atoms with E-state index in [2.05, 4.69) is 50.4 Å². The minimum Gasteiger partial charge on any atom is -0.371 e. The number of carbonyl (C=O) groups excluding carboxylic acids is 1. The highest BCUT2D eigenvalue weighted by atomic mass is 16.2. The van der Waals surface area contributed by atoms with E-state index in [-0.39, 0.29) is 6.03 Å². The van der Waals surface area contributed by atoms with E-state index >= 15 is 0 Å². The number of rotatable bonds is 5. The summed E-state index contributed by atoms with van der Waals surface area (Å²) in [4.78, 5) is 23.6. The van der Waals surface area contributed by atoms with Crippen LogP contribution in [0.4, 0.5) is 10.5 Å². The molecule has 2 fully saturated rings. The van der Waals surface area contributed by atoms with E-state index in [9.17, 15) is 4.79 Å². The van der Waals surface area contributed by atoms with Crippen molar-refractivity contribution in [1.82, 2.24) is 20.1 Å². The van der Waals surface area contributed by atoms with Crippen LogP contribution in [-0.2, 0) is 6.54 Å². The minimum atomic E-state index is 0.0793. The summed E-state index contributed by atoms with van der Waals surface area (Å²) in [6, 6.07) is 16.6. The highest BCUT2D eigenvalue weighted by Crippen LogP contribution is 2.23. The summed E-state index contributed by atoms with van der Waals surface area (Å²) in [5.74, 6) is 0.523. The molecular formula is C22H29N5O. The van der Waals surface area contributed by atoms with E-state index in [0.717, 1.165) is 64.5 Å². The van der Waals surface area contributed by atoms with Gasteiger partial charge in [-0.25, -0.2) is 4.79 Å². The van der Waals surface area contributed by atoms with Crippen LogP contribution in [0.1, 0.15) is 12.1 Å². The number of benzene rings is 1. The molecule has 1 aromatic heterocycles. The summed E-state index contributed by atoms with van der Waals surface area (Å²) in [5.41, 5.74) is 2.37. The van der Waals surface area contributed by atoms with Gasteiger partial charge in [-0.2, -0.15) is 0 Å². The SMILES string of the molecule is O=C(NC[C@H]1CCN(c2ccccc2)C1)N1CCN(Cc2ccccn2)CC1. The molecule has 6 nitrogen and oxygen atoms in total. The zero-order valence-corrected chi connectivity index (χ0v) is 16.3. The maximum atomic E-state index is 12.5. The third kappa shape index (κ3) is 4.81. The smallest absolute Gasteiger partial charge is 0.317 e. The Bertz CT molecular complexity index is 746. The van der Waals surface area contributed by atoms with Crippen molar-refractivity contribution in [2.24, 2.45) is 5.92 Å². The Morgan fingerprint density at radius 2 is 1.79 bits per heavy atom. The molecule has 0 unspecified atom stereocenters. The Morgan fingerprint density at radius 3 is 2.54 bits per heavy atom. The van der Waals surface area contributed by atoms with E-state index < -0.39 is 0 Å². The molecular weight excluding hydrogens is 350 g/mol. The Hall–Kier alpha value is -2.60. The molecule has 2 saturated heterocycles. The van der Waals surface area contributed by atoms with E-state index in [1.54, 1.807) is 0 Å². The number of para-hydroxylation sites is 1. The molecule has 148 valence electrons. The van der Waals surface area contributed by atoms with Crippen molar-refractivity contribution in [3.63, 3.8) is 0 Å². The molecule has 2 amide bonds. The fourth-order valence-electron chi connectivity index (χ4n) is 4.05. The first-order chi connectivity index (χ1) is 13.8. The van der Waals surface area contributed by atoms with Crippen LogP contribution in [0.5, 0.6) is 0 Å². The molecule has 2 aliphatic heterocycles. The predicted octanol–water partition coefficient (Wildman–Crippen LogP) is 2.44. The normalized spacial score (nSPS) is 20.4. The fraction of sp³-hybridized carbons (Fsp3) is 0.455. The van der Waals surface area contributed by atoms with Crippen molar-refractivity contribution in [2.45, 2.75) is 13.0 Å². The number of hydrogen-bond acceptors (Lipinski definition) is 4. The number of pyridine rings is 1. The Balaban J connectivity index is 1.17. The van der Waals surface area contributed by atoms with Crippen molar-refractivity contribution < 1.29 is 4.79 Å². The van der Waals surface area contributed by atoms with Crippen molar-refractivity contribution >= 4 is 11.7 Å². The molecule has 2 aromatic rings. The molecule has 0 spiro atoms. The van der Waals surface area contributed by atoms with Gasteiger partial charge in [0.2, 0.25) is 0 Å². The van der Waals surface area contributed by atoms with Crippen molar-refractivity contribution in [3.05, 3.63) is 60.4 Å². The van der Waals surface area contributed by atoms with Gasteiger partial charge in [0.25, 0.3) is 0 Å². The zero-order chi connectivity index (χ0) is 19.2. The molecule has 1 aromatic carbocycles. The minimum absolute atomic E-state index is 0.0793. The Kier molecular flexibility index (Phi) is 6.07. The number of anilines is 1. The molecule has 0 saturated carbocycles. The Morgan fingerprint density at radius 1 is 1.00 bits per heavy atom. The van der Waals surface area contributed by atoms with E-state index in [0.29, 0.717) is 5.92 Å². The lowest BCUT2D eigenvalue weighted by Crippen LogP contribution is -2.52. The van der Waals surface area contributed by atoms with E-state index in [1.807, 2.05) is 29.3 Å². The van der Waals surface area contributed by atoms with Crippen LogP contribution >= 0.6 is 0 Å². The zero-order valence-electron chi connectivity index (χ0n) is 16.3. The molecule has 3 heterocycles. The first-order valence-corrected chi connectivity index (χ1v) is 10.2. The summed E-state index contributed by atoms with van der Waals surface area (Å²) in [6.45, 7) is 7.05. The molecule has 2 aliphatic rings. The lowest BCUT2D eigenvalue weighted by molar-refractivity contribution is 0.134. The van der Waals surface area contributed by atoms with Crippen LogP contribution < -0.4 is 10.2 Å². The average molecular weight is 380 g/mol. The van der Waals surface area contributed by atoms with Gasteiger partial charge < -0.3 is 15.1 Å². The molecule has 1 atom stereocenters. The van der Waals surface area contributed by atoms with Gasteiger partial charge in [-0.3, -0.25) is 9.88 Å². The number of carbonyl (C=O) groups is 1. The highest BCUT2D eigenvalue weighted by Gasteiger charge is 2.25. The van der Waals surface area contributed by atoms with Crippen molar-refractivity contribution in [1.29, 1.82) is 0 Å². The van der Waals surface area contributed by atoms with Gasteiger partial charge in [-0.1, -0.05) is 24.3 Å². The van der Waals surface area contributed by atoms with Gasteiger partial charge in [-0.05, 0) is 36.6 Å². The maximum Gasteiger partial charge on any atom is 0.317 e. The number of nitrogens with one attached hydrogen (secondary N) is 1. The standard InChI is InChI=1S/C22H29N5O/c28-22(24-16-19-9-11-27(17-19)21-7-2-1-3-8-21)26-14-12-25(13-15-26)18-20-6-4-5-10-23-20/h1-8,10,19H,9,11-18H2,(H,24,28)/t19-/m1/s1. The third-order valence-electron chi connectivity index (χ3n) is 5.72. The summed E-state index contributed by atoms with van der Waals surface area (Å²) in [5, 5.41) is 3.16. The first-order valence-electron chi connectivity index (χ1n) is 10.2. The van der Waals surface area contributed by atoms with Crippen LogP contribution in [0.2, 0.25) is 0 Å². The summed E-state index contributed by atoms with van der Waals surface area (Å²) in [7, 11) is 0. The van der Waals surface area contributed by atoms with E-state index in [4.69, 9.17) is 0 Å². The quantitative estimate of drug-likeness (QED) is 0.867. The third-order valence-corrected chi connectivity index (χ3v) is 5.72. The number of aromatic nitrogens is 1. The van der Waals surface area contributed by atoms with Crippen molar-refractivity contribution in [2.75, 3.05) is 50.7 Å². The number of piperazine rings is 1. The van der Waals surface area contributed by atoms with Gasteiger partial charge in [0.05, 0.1) is 5.69 Å². The summed E-state index contributed by atoms with van der Waals surface area (Å²) < 4.78 is 0. The monoisotopic (exact) mass is 379 g/mol. The number of urea groups is 1. The molecule has 28 heavy (non-hydrogen) atoms. The van der Waals surface area contributed by atoms with Gasteiger partial charge in [0.15, 0.2) is 0 Å². The lowest BCUT2D eigenvalue weighted by Gasteiger charge is -2.34. The van der Waals surface area contributed by atoms with Crippen LogP contribution in [0.15, 0.2) is 54.7 Å². The maximum absolute atomic E-state index is 12.5. The largest absolute Gasteiger partial charge is 0.371 e. The molecule has 0 radical (unpaired) electrons. The molecule has 1 N–H and O–H groups in total. The lowest BCUT2D eigenvalue weighted by atomic mass is 10.1. The van der Waals surface area contributed by atoms with Gasteiger partial charge in [0, 0.05) is 64.2 Å². The fourth-order valence-corrected chi connectivity index (χ4v) is 4.05. The van der Waals surface area contributed by atoms with Gasteiger partial charge >= 0.3 is 6.03 Å². The second-order valence-corrected chi connectivity index (χ2v) is 7.71. The highest BCUT2D eigenvalue weighted by molar-refractivity contribution is 5.74. The summed E-state index contributed by atoms with van der Waals surface area (Å²) in [6.07, 6.45) is 2.97.